The number of nitrogens with zero attached hydrogens (tertiary/aromatic N) is 1. The molecule has 0 saturated carbocycles. The van der Waals surface area contributed by atoms with Crippen molar-refractivity contribution in [3.8, 4) is 11.5 Å². The van der Waals surface area contributed by atoms with Crippen LogP contribution < -0.4 is 11.2 Å². The van der Waals surface area contributed by atoms with Gasteiger partial charge in [-0.15, -0.1) is 5.54 Å². The maximum Gasteiger partial charge on any atom is 0.330 e. The molecule has 0 aliphatic rings. The van der Waals surface area contributed by atoms with Gasteiger partial charge in [0.25, 0.3) is 11.8 Å². The molecule has 0 spiro atoms. The van der Waals surface area contributed by atoms with Crippen LogP contribution in [0, 0.1) is 11.5 Å². The van der Waals surface area contributed by atoms with Crippen LogP contribution in [0.5, 0.6) is 0 Å². The van der Waals surface area contributed by atoms with E-state index in [1.165, 1.54) is 13.1 Å². The Morgan fingerprint density at radius 1 is 1.19 bits per heavy atom. The maximum absolute atomic E-state index is 12.4. The van der Waals surface area contributed by atoms with Crippen molar-refractivity contribution in [2.45, 2.75) is 59.5 Å². The average Bonchev–Trinajstić information content (AvgIpc) is 2.51. The Morgan fingerprint density at radius 3 is 2.22 bits per heavy atom. The van der Waals surface area contributed by atoms with E-state index in [4.69, 9.17) is 14.2 Å². The first-order valence-corrected chi connectivity index (χ1v) is 11.7. The van der Waals surface area contributed by atoms with Gasteiger partial charge in [0.05, 0.1) is 0 Å². The number of carbonyl (C=O) groups excluding carboxylic acids is 2. The Bertz CT molecular complexity index is 854. The molecule has 0 fully saturated rings. The Morgan fingerprint density at radius 2 is 1.74 bits per heavy atom. The summed E-state index contributed by atoms with van der Waals surface area (Å²) < 4.78 is 16.0. The second-order valence-electron chi connectivity index (χ2n) is 6.83. The molecular formula is C17H24N2O7Si. The summed E-state index contributed by atoms with van der Waals surface area (Å²) in [7, 11) is -1.71. The normalized spacial score (nSPS) is 12.1. The highest BCUT2D eigenvalue weighted by Crippen LogP contribution is 2.07. The Kier molecular flexibility index (Phi) is 7.75. The third-order valence-corrected chi connectivity index (χ3v) is 3.92. The topological polar surface area (TPSA) is 117 Å². The van der Waals surface area contributed by atoms with Gasteiger partial charge in [-0.05, 0) is 6.92 Å². The molecule has 1 N–H and O–H groups in total. The number of carbonyl (C=O) groups is 2. The zero-order valence-corrected chi connectivity index (χ0v) is 17.2. The molecule has 10 heteroatoms. The SMILES string of the molecule is CC(=O)OC(OC(C)=O)C(C)OCn1c(=O)[nH]cc(C#C[Si](C)(C)C)c1=O. The Balaban J connectivity index is 3.02. The molecule has 27 heavy (non-hydrogen) atoms. The van der Waals surface area contributed by atoms with Gasteiger partial charge >= 0.3 is 17.6 Å². The third kappa shape index (κ3) is 7.63. The van der Waals surface area contributed by atoms with Crippen LogP contribution in [0.2, 0.25) is 19.6 Å². The number of rotatable bonds is 6. The van der Waals surface area contributed by atoms with Gasteiger partial charge in [0.2, 0.25) is 0 Å². The van der Waals surface area contributed by atoms with Crippen molar-refractivity contribution < 1.29 is 23.8 Å². The third-order valence-electron chi connectivity index (χ3n) is 3.05. The fraction of sp³-hybridized carbons (Fsp3) is 0.529. The predicted molar refractivity (Wildman–Crippen MR) is 99.4 cm³/mol. The first-order chi connectivity index (χ1) is 12.4. The largest absolute Gasteiger partial charge is 0.422 e. The van der Waals surface area contributed by atoms with E-state index < -0.39 is 50.4 Å². The summed E-state index contributed by atoms with van der Waals surface area (Å²) in [6.07, 6.45) is -0.955. The van der Waals surface area contributed by atoms with E-state index in [2.05, 4.69) is 16.4 Å². The second kappa shape index (κ2) is 9.34. The van der Waals surface area contributed by atoms with Crippen LogP contribution in [0.25, 0.3) is 0 Å². The van der Waals surface area contributed by atoms with Gasteiger partial charge in [-0.2, -0.15) is 0 Å². The van der Waals surface area contributed by atoms with Crippen LogP contribution in [0.1, 0.15) is 26.3 Å². The number of hydrogen-bond donors (Lipinski definition) is 1. The molecule has 1 heterocycles. The van der Waals surface area contributed by atoms with Crippen molar-refractivity contribution in [3.63, 3.8) is 0 Å². The number of aromatic nitrogens is 2. The molecule has 0 amide bonds. The van der Waals surface area contributed by atoms with Crippen LogP contribution in [0.3, 0.4) is 0 Å². The van der Waals surface area contributed by atoms with E-state index in [9.17, 15) is 19.2 Å². The Labute approximate surface area is 157 Å². The lowest BCUT2D eigenvalue weighted by molar-refractivity contribution is -0.212. The first kappa shape index (κ1) is 22.4. The molecule has 0 radical (unpaired) electrons. The van der Waals surface area contributed by atoms with E-state index in [-0.39, 0.29) is 5.56 Å². The lowest BCUT2D eigenvalue weighted by Crippen LogP contribution is -2.40. The van der Waals surface area contributed by atoms with Gasteiger partial charge in [-0.3, -0.25) is 14.4 Å². The zero-order valence-electron chi connectivity index (χ0n) is 16.2. The molecule has 0 aromatic carbocycles. The van der Waals surface area contributed by atoms with Crippen LogP contribution in [-0.2, 0) is 30.5 Å². The highest BCUT2D eigenvalue weighted by atomic mass is 28.3. The molecule has 9 nitrogen and oxygen atoms in total. The minimum Gasteiger partial charge on any atom is -0.422 e. The molecule has 1 atom stereocenters. The lowest BCUT2D eigenvalue weighted by atomic mass is 10.3. The number of hydrogen-bond acceptors (Lipinski definition) is 7. The van der Waals surface area contributed by atoms with Crippen molar-refractivity contribution in [2.24, 2.45) is 0 Å². The van der Waals surface area contributed by atoms with Crippen LogP contribution >= 0.6 is 0 Å². The lowest BCUT2D eigenvalue weighted by Gasteiger charge is -2.23. The molecule has 0 aliphatic carbocycles. The molecular weight excluding hydrogens is 372 g/mol. The standard InChI is InChI=1S/C17H24N2O7Si/c1-11(16(25-12(2)20)26-13(3)21)24-10-19-15(22)14(9-18-17(19)23)7-8-27(4,5)6/h9,11,16H,10H2,1-6H3,(H,18,23). The van der Waals surface area contributed by atoms with Gasteiger partial charge < -0.3 is 19.2 Å². The summed E-state index contributed by atoms with van der Waals surface area (Å²) in [5.41, 5.74) is 1.91. The number of H-pyrrole nitrogens is 1. The van der Waals surface area contributed by atoms with E-state index in [1.54, 1.807) is 0 Å². The average molecular weight is 396 g/mol. The minimum atomic E-state index is -1.71. The number of aromatic amines is 1. The summed E-state index contributed by atoms with van der Waals surface area (Å²) in [6, 6.07) is 0. The number of nitrogens with one attached hydrogen (secondary N) is 1. The predicted octanol–water partition coefficient (Wildman–Crippen LogP) is 0.580. The fourth-order valence-corrected chi connectivity index (χ4v) is 2.30. The molecule has 148 valence electrons. The Hall–Kier alpha value is -2.64. The van der Waals surface area contributed by atoms with Gasteiger partial charge in [-0.25, -0.2) is 9.36 Å². The summed E-state index contributed by atoms with van der Waals surface area (Å²) in [5, 5.41) is 0. The van der Waals surface area contributed by atoms with E-state index in [0.29, 0.717) is 0 Å². The first-order valence-electron chi connectivity index (χ1n) is 8.22. The van der Waals surface area contributed by atoms with E-state index in [0.717, 1.165) is 18.4 Å². The van der Waals surface area contributed by atoms with Crippen LogP contribution in [0.4, 0.5) is 0 Å². The summed E-state index contributed by atoms with van der Waals surface area (Å²) in [4.78, 5) is 49.1. The van der Waals surface area contributed by atoms with Gasteiger partial charge in [-0.1, -0.05) is 25.6 Å². The van der Waals surface area contributed by atoms with Gasteiger partial charge in [0.1, 0.15) is 26.5 Å². The highest BCUT2D eigenvalue weighted by molar-refractivity contribution is 6.83. The quantitative estimate of drug-likeness (QED) is 0.323. The molecule has 0 aliphatic heterocycles. The zero-order chi connectivity index (χ0) is 20.8. The summed E-state index contributed by atoms with van der Waals surface area (Å²) in [6.45, 7) is 9.43. The van der Waals surface area contributed by atoms with Crippen molar-refractivity contribution in [3.05, 3.63) is 32.6 Å². The van der Waals surface area contributed by atoms with E-state index >= 15 is 0 Å². The molecule has 1 aromatic rings. The maximum atomic E-state index is 12.4. The van der Waals surface area contributed by atoms with Gasteiger partial charge in [0, 0.05) is 20.0 Å². The van der Waals surface area contributed by atoms with Crippen molar-refractivity contribution in [2.75, 3.05) is 0 Å². The minimum absolute atomic E-state index is 0.143. The molecule has 1 unspecified atom stereocenters. The van der Waals surface area contributed by atoms with Crippen molar-refractivity contribution in [1.29, 1.82) is 0 Å². The second-order valence-corrected chi connectivity index (χ2v) is 11.6. The monoisotopic (exact) mass is 396 g/mol. The molecule has 0 saturated heterocycles. The summed E-state index contributed by atoms with van der Waals surface area (Å²) >= 11 is 0. The summed E-state index contributed by atoms with van der Waals surface area (Å²) in [5.74, 6) is 1.46. The smallest absolute Gasteiger partial charge is 0.330 e. The van der Waals surface area contributed by atoms with Crippen LogP contribution in [-0.4, -0.2) is 42.0 Å². The van der Waals surface area contributed by atoms with Crippen molar-refractivity contribution in [1.82, 2.24) is 9.55 Å². The van der Waals surface area contributed by atoms with Crippen LogP contribution in [0.15, 0.2) is 15.8 Å². The molecule has 1 aromatic heterocycles. The highest BCUT2D eigenvalue weighted by Gasteiger charge is 2.24. The number of ether oxygens (including phenoxy) is 3. The van der Waals surface area contributed by atoms with E-state index in [1.807, 2.05) is 19.6 Å². The van der Waals surface area contributed by atoms with Gasteiger partial charge in [0.15, 0.2) is 0 Å². The fourth-order valence-electron chi connectivity index (χ4n) is 1.79. The molecule has 1 rings (SSSR count). The molecule has 0 bridgehead atoms. The van der Waals surface area contributed by atoms with Crippen molar-refractivity contribution >= 4 is 20.0 Å². The number of esters is 2.